The molecule has 7 nitrogen and oxygen atoms in total. The van der Waals surface area contributed by atoms with Crippen LogP contribution in [0.15, 0.2) is 29.2 Å². The number of aromatic nitrogens is 3. The number of methoxy groups -OCH3 is 1. The van der Waals surface area contributed by atoms with Crippen molar-refractivity contribution < 1.29 is 9.53 Å². The molecule has 8 heteroatoms. The van der Waals surface area contributed by atoms with Crippen molar-refractivity contribution >= 4 is 34.1 Å². The highest BCUT2D eigenvalue weighted by Gasteiger charge is 2.27. The van der Waals surface area contributed by atoms with Gasteiger partial charge >= 0.3 is 0 Å². The summed E-state index contributed by atoms with van der Waals surface area (Å²) < 4.78 is 7.48. The number of likely N-dealkylation sites (tertiary alicyclic amines) is 1. The number of carbonyl (C=O) groups is 1. The maximum atomic E-state index is 12.7. The van der Waals surface area contributed by atoms with Crippen molar-refractivity contribution in [2.75, 3.05) is 45.3 Å². The lowest BCUT2D eigenvalue weighted by molar-refractivity contribution is 0.0712. The lowest BCUT2D eigenvalue weighted by Crippen LogP contribution is -2.38. The Morgan fingerprint density at radius 3 is 2.77 bits per heavy atom. The number of anilines is 1. The third-order valence-corrected chi connectivity index (χ3v) is 6.76. The first kappa shape index (κ1) is 21.8. The van der Waals surface area contributed by atoms with Crippen LogP contribution < -0.4 is 4.90 Å². The summed E-state index contributed by atoms with van der Waals surface area (Å²) >= 11 is 1.57. The van der Waals surface area contributed by atoms with Crippen LogP contribution >= 0.6 is 11.3 Å². The Balaban J connectivity index is 1.60. The number of pyridine rings is 1. The minimum Gasteiger partial charge on any atom is -0.383 e. The van der Waals surface area contributed by atoms with Crippen molar-refractivity contribution in [3.8, 4) is 0 Å². The summed E-state index contributed by atoms with van der Waals surface area (Å²) in [5, 5.41) is 3.89. The highest BCUT2D eigenvalue weighted by Crippen LogP contribution is 2.33. The number of nitrogens with zero attached hydrogens (tertiary/aromatic N) is 5. The van der Waals surface area contributed by atoms with Gasteiger partial charge in [-0.15, -0.1) is 0 Å². The van der Waals surface area contributed by atoms with Crippen molar-refractivity contribution in [2.24, 2.45) is 0 Å². The van der Waals surface area contributed by atoms with Gasteiger partial charge in [0.25, 0.3) is 5.91 Å². The van der Waals surface area contributed by atoms with E-state index in [-0.39, 0.29) is 5.91 Å². The molecule has 0 aliphatic carbocycles. The van der Waals surface area contributed by atoms with Crippen LogP contribution in [-0.4, -0.2) is 65.7 Å². The first-order valence-corrected chi connectivity index (χ1v) is 11.8. The van der Waals surface area contributed by atoms with E-state index in [2.05, 4.69) is 34.4 Å². The average Bonchev–Trinajstić information content (AvgIpc) is 3.46. The number of thiophene rings is 1. The smallest absolute Gasteiger partial charge is 0.254 e. The molecule has 1 aliphatic heterocycles. The number of rotatable bonds is 7. The Kier molecular flexibility index (Phi) is 6.57. The van der Waals surface area contributed by atoms with Gasteiger partial charge in [-0.3, -0.25) is 4.79 Å². The molecular formula is C23H31N5O2S. The molecule has 0 radical (unpaired) electrons. The number of piperidine rings is 1. The van der Waals surface area contributed by atoms with Crippen LogP contribution in [0.3, 0.4) is 0 Å². The highest BCUT2D eigenvalue weighted by atomic mass is 32.1. The Labute approximate surface area is 187 Å². The molecule has 4 rings (SSSR count). The van der Waals surface area contributed by atoms with Crippen LogP contribution in [0.1, 0.15) is 54.7 Å². The molecule has 4 heterocycles. The highest BCUT2D eigenvalue weighted by molar-refractivity contribution is 7.08. The van der Waals surface area contributed by atoms with Crippen LogP contribution in [0.5, 0.6) is 0 Å². The zero-order chi connectivity index (χ0) is 22.0. The van der Waals surface area contributed by atoms with Gasteiger partial charge < -0.3 is 19.1 Å². The van der Waals surface area contributed by atoms with E-state index in [1.807, 2.05) is 35.1 Å². The Hall–Kier alpha value is -2.45. The van der Waals surface area contributed by atoms with Crippen molar-refractivity contribution in [1.82, 2.24) is 19.4 Å². The number of imidazole rings is 1. The maximum absolute atomic E-state index is 12.7. The maximum Gasteiger partial charge on any atom is 0.254 e. The number of fused-ring (bicyclic) bond motifs is 1. The normalized spacial score (nSPS) is 15.2. The van der Waals surface area contributed by atoms with Gasteiger partial charge in [0.1, 0.15) is 5.52 Å². The van der Waals surface area contributed by atoms with Crippen molar-refractivity contribution in [1.29, 1.82) is 0 Å². The van der Waals surface area contributed by atoms with E-state index < -0.39 is 0 Å². The van der Waals surface area contributed by atoms with E-state index in [1.165, 1.54) is 0 Å². The first-order valence-electron chi connectivity index (χ1n) is 10.9. The van der Waals surface area contributed by atoms with E-state index >= 15 is 0 Å². The lowest BCUT2D eigenvalue weighted by Gasteiger charge is -2.32. The molecule has 0 unspecified atom stereocenters. The predicted molar refractivity (Wildman–Crippen MR) is 125 cm³/mol. The second-order valence-corrected chi connectivity index (χ2v) is 9.26. The molecule has 1 saturated heterocycles. The van der Waals surface area contributed by atoms with E-state index in [0.717, 1.165) is 60.6 Å². The van der Waals surface area contributed by atoms with Crippen LogP contribution in [0.2, 0.25) is 0 Å². The fraction of sp³-hybridized carbons (Fsp3) is 0.522. The van der Waals surface area contributed by atoms with Gasteiger partial charge in [0, 0.05) is 56.8 Å². The molecule has 0 N–H and O–H groups in total. The standard InChI is InChI=1S/C23H31N5O2S/c1-16(2)28-15-24-21-20(28)13-19(25-22(21)26(3)10-11-30-4)17-5-8-27(9-6-17)23(29)18-7-12-31-14-18/h7,12-17H,5-6,8-11H2,1-4H3. The van der Waals surface area contributed by atoms with Crippen molar-refractivity contribution in [2.45, 2.75) is 38.6 Å². The zero-order valence-corrected chi connectivity index (χ0v) is 19.6. The Morgan fingerprint density at radius 2 is 2.13 bits per heavy atom. The average molecular weight is 442 g/mol. The van der Waals surface area contributed by atoms with E-state index in [1.54, 1.807) is 18.4 Å². The molecule has 1 amide bonds. The molecule has 1 fully saturated rings. The van der Waals surface area contributed by atoms with E-state index in [9.17, 15) is 4.79 Å². The third-order valence-electron chi connectivity index (χ3n) is 6.08. The minimum atomic E-state index is 0.140. The second-order valence-electron chi connectivity index (χ2n) is 8.48. The van der Waals surface area contributed by atoms with E-state index in [4.69, 9.17) is 9.72 Å². The van der Waals surface area contributed by atoms with Crippen LogP contribution in [0.25, 0.3) is 11.0 Å². The van der Waals surface area contributed by atoms with Crippen LogP contribution in [0.4, 0.5) is 5.82 Å². The van der Waals surface area contributed by atoms with Gasteiger partial charge in [0.15, 0.2) is 5.82 Å². The van der Waals surface area contributed by atoms with Crippen molar-refractivity contribution in [3.05, 3.63) is 40.5 Å². The van der Waals surface area contributed by atoms with Crippen LogP contribution in [-0.2, 0) is 4.74 Å². The molecule has 0 atom stereocenters. The first-order chi connectivity index (χ1) is 15.0. The number of hydrogen-bond acceptors (Lipinski definition) is 6. The molecule has 0 aromatic carbocycles. The molecule has 0 bridgehead atoms. The van der Waals surface area contributed by atoms with Crippen molar-refractivity contribution in [3.63, 3.8) is 0 Å². The summed E-state index contributed by atoms with van der Waals surface area (Å²) in [6.07, 6.45) is 3.76. The zero-order valence-electron chi connectivity index (χ0n) is 18.7. The fourth-order valence-corrected chi connectivity index (χ4v) is 4.83. The Morgan fingerprint density at radius 1 is 1.35 bits per heavy atom. The molecule has 3 aromatic heterocycles. The molecule has 1 aliphatic rings. The summed E-state index contributed by atoms with van der Waals surface area (Å²) in [5.74, 6) is 1.38. The number of amides is 1. The number of likely N-dealkylation sites (N-methyl/N-ethyl adjacent to an activating group) is 1. The number of hydrogen-bond donors (Lipinski definition) is 0. The lowest BCUT2D eigenvalue weighted by atomic mass is 9.92. The number of ether oxygens (including phenoxy) is 1. The summed E-state index contributed by atoms with van der Waals surface area (Å²) in [6.45, 7) is 7.25. The fourth-order valence-electron chi connectivity index (χ4n) is 4.20. The molecule has 0 spiro atoms. The van der Waals surface area contributed by atoms with Gasteiger partial charge in [-0.25, -0.2) is 9.97 Å². The molecule has 0 saturated carbocycles. The quantitative estimate of drug-likeness (QED) is 0.550. The summed E-state index contributed by atoms with van der Waals surface area (Å²) in [7, 11) is 3.76. The largest absolute Gasteiger partial charge is 0.383 e. The second kappa shape index (κ2) is 9.36. The van der Waals surface area contributed by atoms with Crippen LogP contribution in [0, 0.1) is 0 Å². The van der Waals surface area contributed by atoms with E-state index in [0.29, 0.717) is 18.6 Å². The summed E-state index contributed by atoms with van der Waals surface area (Å²) in [4.78, 5) is 26.5. The molecular weight excluding hydrogens is 410 g/mol. The summed E-state index contributed by atoms with van der Waals surface area (Å²) in [6, 6.07) is 4.43. The number of carbonyl (C=O) groups excluding carboxylic acids is 1. The molecule has 166 valence electrons. The monoisotopic (exact) mass is 441 g/mol. The third kappa shape index (κ3) is 4.45. The Bertz CT molecular complexity index is 1020. The van der Waals surface area contributed by atoms with Gasteiger partial charge in [0.05, 0.1) is 24.0 Å². The topological polar surface area (TPSA) is 63.5 Å². The predicted octanol–water partition coefficient (Wildman–Crippen LogP) is 4.18. The molecule has 31 heavy (non-hydrogen) atoms. The molecule has 3 aromatic rings. The van der Waals surface area contributed by atoms with Gasteiger partial charge in [-0.1, -0.05) is 0 Å². The SMILES string of the molecule is COCCN(C)c1nc(C2CCN(C(=O)c3ccsc3)CC2)cc2c1ncn2C(C)C. The van der Waals surface area contributed by atoms with Gasteiger partial charge in [-0.05, 0) is 44.2 Å². The summed E-state index contributed by atoms with van der Waals surface area (Å²) in [5.41, 5.74) is 3.94. The van der Waals surface area contributed by atoms with Gasteiger partial charge in [-0.2, -0.15) is 11.3 Å². The van der Waals surface area contributed by atoms with Gasteiger partial charge in [0.2, 0.25) is 0 Å². The minimum absolute atomic E-state index is 0.140.